The van der Waals surface area contributed by atoms with Crippen LogP contribution < -0.4 is 0 Å². The van der Waals surface area contributed by atoms with Crippen molar-refractivity contribution in [3.05, 3.63) is 283 Å². The molecule has 1 unspecified atom stereocenters. The Bertz CT molecular complexity index is 5090. The largest absolute Gasteiger partial charge is 0.310 e. The molecule has 7 nitrogen and oxygen atoms in total. The number of para-hydroxylation sites is 6. The summed E-state index contributed by atoms with van der Waals surface area (Å²) in [7, 11) is 0. The van der Waals surface area contributed by atoms with Gasteiger partial charge in [0, 0.05) is 77.7 Å². The zero-order valence-electron chi connectivity index (χ0n) is 44.7. The molecule has 7 heteroatoms. The van der Waals surface area contributed by atoms with Crippen LogP contribution in [0.3, 0.4) is 0 Å². The van der Waals surface area contributed by atoms with Crippen molar-refractivity contribution in [3.63, 3.8) is 0 Å². The van der Waals surface area contributed by atoms with E-state index in [0.29, 0.717) is 17.5 Å². The van der Waals surface area contributed by atoms with Crippen LogP contribution in [0.4, 0.5) is 0 Å². The number of hydrogen-bond acceptors (Lipinski definition) is 3. The number of nitrogens with zero attached hydrogens (tertiary/aromatic N) is 7. The molecule has 2 aliphatic carbocycles. The van der Waals surface area contributed by atoms with Crippen molar-refractivity contribution in [2.75, 3.05) is 0 Å². The Morgan fingerprint density at radius 1 is 0.329 bits per heavy atom. The van der Waals surface area contributed by atoms with Gasteiger partial charge in [-0.3, -0.25) is 0 Å². The molecule has 0 spiro atoms. The third kappa shape index (κ3) is 7.19. The van der Waals surface area contributed by atoms with Crippen LogP contribution in [-0.4, -0.2) is 33.2 Å². The standard InChI is InChI=1S/C75H51N7/c1-3-20-48(21-4-1)73-76-74(51-22-19-25-54(44-51)80-63-32-13-7-26-55(63)56-27-8-14-33-64(56)80)78-75(77-73)52-40-43-71(81-66-35-16-9-28-57(66)58-29-10-17-36-67(58)81)72(47-52)82-68-37-18-12-31-60(68)62-46-50(39-42-70(62)82)49-38-41-69-61(45-49)59-30-11-15-34-65(59)79(69)53-23-5-2-6-24-53/h1-7,9-26,28-45,47,50H,8,27,46H2. The molecule has 5 aromatic heterocycles. The first-order chi connectivity index (χ1) is 40.7. The van der Waals surface area contributed by atoms with E-state index < -0.39 is 0 Å². The lowest BCUT2D eigenvalue weighted by atomic mass is 9.86. The van der Waals surface area contributed by atoms with Crippen LogP contribution in [0, 0.1) is 0 Å². The minimum absolute atomic E-state index is 0.162. The maximum Gasteiger partial charge on any atom is 0.164 e. The van der Waals surface area contributed by atoms with E-state index in [1.807, 2.05) is 18.2 Å². The van der Waals surface area contributed by atoms with Gasteiger partial charge in [0.25, 0.3) is 0 Å². The van der Waals surface area contributed by atoms with Gasteiger partial charge in [-0.2, -0.15) is 0 Å². The van der Waals surface area contributed by atoms with Crippen LogP contribution in [0.5, 0.6) is 0 Å². The molecule has 0 radical (unpaired) electrons. The summed E-state index contributed by atoms with van der Waals surface area (Å²) in [5.74, 6) is 1.99. The highest BCUT2D eigenvalue weighted by Gasteiger charge is 2.28. The molecule has 0 saturated carbocycles. The predicted molar refractivity (Wildman–Crippen MR) is 338 cm³/mol. The third-order valence-electron chi connectivity index (χ3n) is 17.3. The Morgan fingerprint density at radius 3 is 1.54 bits per heavy atom. The Balaban J connectivity index is 0.857. The summed E-state index contributed by atoms with van der Waals surface area (Å²) in [4.78, 5) is 16.1. The average Bonchev–Trinajstić information content (AvgIpc) is 4.32. The highest BCUT2D eigenvalue weighted by atomic mass is 15.1. The molecular formula is C75H51N7. The lowest BCUT2D eigenvalue weighted by Gasteiger charge is -2.22. The van der Waals surface area contributed by atoms with Gasteiger partial charge in [0.05, 0.1) is 44.5 Å². The van der Waals surface area contributed by atoms with E-state index in [4.69, 9.17) is 15.0 Å². The Labute approximate surface area is 473 Å². The number of allylic oxidation sites excluding steroid dienone is 2. The van der Waals surface area contributed by atoms with E-state index in [2.05, 4.69) is 267 Å². The molecule has 15 aromatic rings. The molecule has 10 aromatic carbocycles. The van der Waals surface area contributed by atoms with Gasteiger partial charge in [-0.25, -0.2) is 15.0 Å². The second-order valence-electron chi connectivity index (χ2n) is 21.8. The number of aromatic nitrogens is 7. The number of rotatable bonds is 8. The van der Waals surface area contributed by atoms with Crippen molar-refractivity contribution >= 4 is 77.6 Å². The lowest BCUT2D eigenvalue weighted by Crippen LogP contribution is -2.09. The van der Waals surface area contributed by atoms with Crippen molar-refractivity contribution in [3.8, 4) is 56.9 Å². The van der Waals surface area contributed by atoms with Gasteiger partial charge in [0.2, 0.25) is 0 Å². The Kier molecular flexibility index (Phi) is 10.4. The smallest absolute Gasteiger partial charge is 0.164 e. The van der Waals surface area contributed by atoms with Crippen molar-refractivity contribution in [2.45, 2.75) is 25.2 Å². The summed E-state index contributed by atoms with van der Waals surface area (Å²) in [6.45, 7) is 0. The first-order valence-electron chi connectivity index (χ1n) is 28.4. The van der Waals surface area contributed by atoms with E-state index in [-0.39, 0.29) is 5.92 Å². The quantitative estimate of drug-likeness (QED) is 0.152. The second kappa shape index (κ2) is 18.5. The van der Waals surface area contributed by atoms with Gasteiger partial charge in [0.15, 0.2) is 17.5 Å². The van der Waals surface area contributed by atoms with Gasteiger partial charge >= 0.3 is 0 Å². The first kappa shape index (κ1) is 46.3. The number of fused-ring (bicyclic) bond motifs is 12. The molecule has 0 saturated heterocycles. The van der Waals surface area contributed by atoms with Gasteiger partial charge in [0.1, 0.15) is 0 Å². The highest BCUT2D eigenvalue weighted by molar-refractivity contribution is 6.11. The highest BCUT2D eigenvalue weighted by Crippen LogP contribution is 2.44. The minimum atomic E-state index is 0.162. The predicted octanol–water partition coefficient (Wildman–Crippen LogP) is 18.3. The summed E-state index contributed by atoms with van der Waals surface area (Å²) in [5, 5.41) is 7.49. The van der Waals surface area contributed by atoms with Gasteiger partial charge in [-0.1, -0.05) is 170 Å². The lowest BCUT2D eigenvalue weighted by molar-refractivity contribution is 0.826. The molecule has 1 atom stereocenters. The van der Waals surface area contributed by atoms with Crippen LogP contribution in [-0.2, 0) is 12.8 Å². The van der Waals surface area contributed by atoms with Gasteiger partial charge < -0.3 is 18.3 Å². The van der Waals surface area contributed by atoms with E-state index in [1.165, 1.54) is 76.9 Å². The molecule has 0 fully saturated rings. The summed E-state index contributed by atoms with van der Waals surface area (Å²) in [6.07, 6.45) is 12.3. The summed E-state index contributed by atoms with van der Waals surface area (Å²) >= 11 is 0. The van der Waals surface area contributed by atoms with Crippen molar-refractivity contribution in [1.29, 1.82) is 0 Å². The second-order valence-corrected chi connectivity index (χ2v) is 21.8. The topological polar surface area (TPSA) is 58.4 Å². The zero-order chi connectivity index (χ0) is 53.8. The summed E-state index contributed by atoms with van der Waals surface area (Å²) < 4.78 is 9.73. The van der Waals surface area contributed by atoms with Gasteiger partial charge in [-0.05, 0) is 133 Å². The van der Waals surface area contributed by atoms with Crippen molar-refractivity contribution in [2.24, 2.45) is 0 Å². The minimum Gasteiger partial charge on any atom is -0.310 e. The molecule has 82 heavy (non-hydrogen) atoms. The molecule has 0 N–H and O–H groups in total. The summed E-state index contributed by atoms with van der Waals surface area (Å²) in [5.41, 5.74) is 20.5. The van der Waals surface area contributed by atoms with Crippen molar-refractivity contribution < 1.29 is 0 Å². The molecule has 2 aliphatic rings. The van der Waals surface area contributed by atoms with Crippen LogP contribution in [0.1, 0.15) is 40.4 Å². The Hall–Kier alpha value is -10.6. The fraction of sp³-hybridized carbons (Fsp3) is 0.0533. The van der Waals surface area contributed by atoms with Crippen LogP contribution in [0.2, 0.25) is 0 Å². The molecule has 0 bridgehead atoms. The molecule has 0 aliphatic heterocycles. The fourth-order valence-electron chi connectivity index (χ4n) is 13.6. The van der Waals surface area contributed by atoms with E-state index in [1.54, 1.807) is 0 Å². The van der Waals surface area contributed by atoms with Crippen LogP contribution >= 0.6 is 0 Å². The molecule has 17 rings (SSSR count). The first-order valence-corrected chi connectivity index (χ1v) is 28.4. The zero-order valence-corrected chi connectivity index (χ0v) is 44.7. The number of hydrogen-bond donors (Lipinski definition) is 0. The molecular weight excluding hydrogens is 999 g/mol. The molecule has 0 amide bonds. The summed E-state index contributed by atoms with van der Waals surface area (Å²) in [6, 6.07) is 87.7. The molecule has 5 heterocycles. The van der Waals surface area contributed by atoms with E-state index in [0.717, 1.165) is 75.3 Å². The van der Waals surface area contributed by atoms with Crippen LogP contribution in [0.15, 0.2) is 255 Å². The molecule has 386 valence electrons. The third-order valence-corrected chi connectivity index (χ3v) is 17.3. The van der Waals surface area contributed by atoms with Gasteiger partial charge in [-0.15, -0.1) is 0 Å². The maximum atomic E-state index is 5.46. The number of benzene rings is 10. The Morgan fingerprint density at radius 2 is 0.841 bits per heavy atom. The average molecular weight is 1050 g/mol. The van der Waals surface area contributed by atoms with Crippen molar-refractivity contribution in [1.82, 2.24) is 33.2 Å². The monoisotopic (exact) mass is 1050 g/mol. The normalized spacial score (nSPS) is 14.0. The number of aryl methyl sites for hydroxylation is 1. The fourth-order valence-corrected chi connectivity index (χ4v) is 13.6. The van der Waals surface area contributed by atoms with E-state index in [9.17, 15) is 0 Å². The van der Waals surface area contributed by atoms with Crippen LogP contribution in [0.25, 0.3) is 134 Å². The maximum absolute atomic E-state index is 5.46. The van der Waals surface area contributed by atoms with E-state index >= 15 is 0 Å². The SMILES string of the molecule is C1=Cc2c(c3ccccc3n2-c2cccc(-c3nc(-c4ccccc4)nc(-c4ccc(-n5c6ccccc6c6ccccc65)c(-n5c6c(c7ccccc75)CC(c5ccc7c(c5)c5ccccc5n7-c5ccccc5)C=C6)c4)n3)c2)CC1.